The van der Waals surface area contributed by atoms with E-state index in [4.69, 9.17) is 4.74 Å². The number of hydrogen-bond donors (Lipinski definition) is 1. The first-order valence-electron chi connectivity index (χ1n) is 7.92. The van der Waals surface area contributed by atoms with E-state index in [1.807, 2.05) is 55.5 Å². The van der Waals surface area contributed by atoms with Crippen molar-refractivity contribution < 1.29 is 4.74 Å². The molecule has 0 aliphatic heterocycles. The first kappa shape index (κ1) is 15.6. The summed E-state index contributed by atoms with van der Waals surface area (Å²) in [4.78, 5) is 7.90. The topological polar surface area (TPSA) is 81.5 Å². The highest BCUT2D eigenvalue weighted by atomic mass is 32.2. The zero-order chi connectivity index (χ0) is 17.1. The van der Waals surface area contributed by atoms with Crippen molar-refractivity contribution in [2.24, 2.45) is 0 Å². The molecule has 0 radical (unpaired) electrons. The van der Waals surface area contributed by atoms with Gasteiger partial charge in [0.05, 0.1) is 23.4 Å². The highest BCUT2D eigenvalue weighted by Crippen LogP contribution is 2.27. The van der Waals surface area contributed by atoms with E-state index in [1.54, 1.807) is 4.68 Å². The van der Waals surface area contributed by atoms with E-state index in [2.05, 4.69) is 25.5 Å². The maximum atomic E-state index is 5.67. The van der Waals surface area contributed by atoms with E-state index in [0.29, 0.717) is 17.5 Å². The van der Waals surface area contributed by atoms with E-state index >= 15 is 0 Å². The Morgan fingerprint density at radius 2 is 1.96 bits per heavy atom. The zero-order valence-electron chi connectivity index (χ0n) is 13.6. The van der Waals surface area contributed by atoms with Crippen LogP contribution in [0.2, 0.25) is 0 Å². The van der Waals surface area contributed by atoms with Gasteiger partial charge in [0, 0.05) is 0 Å². The van der Waals surface area contributed by atoms with Crippen molar-refractivity contribution in [3.8, 4) is 11.4 Å². The Kier molecular flexibility index (Phi) is 4.34. The molecule has 0 unspecified atom stereocenters. The highest BCUT2D eigenvalue weighted by molar-refractivity contribution is 7.98. The molecule has 2 aromatic carbocycles. The van der Waals surface area contributed by atoms with Crippen LogP contribution in [0.3, 0.4) is 0 Å². The van der Waals surface area contributed by atoms with Crippen molar-refractivity contribution >= 4 is 22.8 Å². The van der Waals surface area contributed by atoms with E-state index in [1.165, 1.54) is 11.8 Å². The van der Waals surface area contributed by atoms with Crippen molar-refractivity contribution in [3.63, 3.8) is 0 Å². The van der Waals surface area contributed by atoms with Crippen molar-refractivity contribution in [1.29, 1.82) is 0 Å². The summed E-state index contributed by atoms with van der Waals surface area (Å²) in [5.74, 6) is 2.29. The number of ether oxygens (including phenoxy) is 1. The van der Waals surface area contributed by atoms with Crippen LogP contribution in [0.25, 0.3) is 16.7 Å². The highest BCUT2D eigenvalue weighted by Gasteiger charge is 2.14. The summed E-state index contributed by atoms with van der Waals surface area (Å²) >= 11 is 1.52. The van der Waals surface area contributed by atoms with Crippen LogP contribution < -0.4 is 4.74 Å². The predicted octanol–water partition coefficient (Wildman–Crippen LogP) is 3.23. The second-order valence-corrected chi connectivity index (χ2v) is 6.21. The summed E-state index contributed by atoms with van der Waals surface area (Å²) in [6.45, 7) is 2.54. The Balaban J connectivity index is 1.58. The number of nitrogens with zero attached hydrogens (tertiary/aromatic N) is 5. The Morgan fingerprint density at radius 1 is 1.12 bits per heavy atom. The fourth-order valence-corrected chi connectivity index (χ4v) is 3.29. The number of rotatable bonds is 6. The van der Waals surface area contributed by atoms with Gasteiger partial charge in [0.1, 0.15) is 17.3 Å². The maximum absolute atomic E-state index is 5.67. The Morgan fingerprint density at radius 3 is 2.84 bits per heavy atom. The zero-order valence-corrected chi connectivity index (χ0v) is 14.4. The molecule has 7 nitrogen and oxygen atoms in total. The molecule has 4 rings (SSSR count). The van der Waals surface area contributed by atoms with Gasteiger partial charge in [-0.25, -0.2) is 4.98 Å². The van der Waals surface area contributed by atoms with Crippen LogP contribution in [0.1, 0.15) is 12.7 Å². The van der Waals surface area contributed by atoms with Gasteiger partial charge in [0.2, 0.25) is 5.16 Å². The lowest BCUT2D eigenvalue weighted by atomic mass is 10.3. The molecule has 25 heavy (non-hydrogen) atoms. The second kappa shape index (κ2) is 6.94. The van der Waals surface area contributed by atoms with Gasteiger partial charge in [0.15, 0.2) is 0 Å². The molecule has 0 fully saturated rings. The summed E-state index contributed by atoms with van der Waals surface area (Å²) < 4.78 is 7.37. The smallest absolute Gasteiger partial charge is 0.214 e. The normalized spacial score (nSPS) is 11.1. The van der Waals surface area contributed by atoms with Gasteiger partial charge in [-0.15, -0.1) is 5.10 Å². The quantitative estimate of drug-likeness (QED) is 0.537. The number of para-hydroxylation sites is 4. The minimum Gasteiger partial charge on any atom is -0.492 e. The van der Waals surface area contributed by atoms with Gasteiger partial charge in [-0.05, 0) is 41.6 Å². The standard InChI is InChI=1S/C17H16N6OS/c1-2-24-15-10-6-5-9-14(15)23-17(20-21-22-23)25-11-16-18-12-7-3-4-8-13(12)19-16/h3-10H,2,11H2,1H3,(H,18,19). The lowest BCUT2D eigenvalue weighted by Crippen LogP contribution is -2.03. The molecule has 2 heterocycles. The minimum atomic E-state index is 0.584. The predicted molar refractivity (Wildman–Crippen MR) is 96.0 cm³/mol. The molecule has 0 saturated carbocycles. The van der Waals surface area contributed by atoms with Crippen molar-refractivity contribution in [3.05, 3.63) is 54.4 Å². The largest absolute Gasteiger partial charge is 0.492 e. The molecule has 0 atom stereocenters. The third kappa shape index (κ3) is 3.20. The van der Waals surface area contributed by atoms with Crippen LogP contribution >= 0.6 is 11.8 Å². The molecule has 0 spiro atoms. The number of H-pyrrole nitrogens is 1. The molecule has 0 bridgehead atoms. The summed E-state index contributed by atoms with van der Waals surface area (Å²) in [5.41, 5.74) is 2.81. The number of nitrogens with one attached hydrogen (secondary N) is 1. The van der Waals surface area contributed by atoms with Crippen LogP contribution in [0.4, 0.5) is 0 Å². The van der Waals surface area contributed by atoms with Gasteiger partial charge >= 0.3 is 0 Å². The van der Waals surface area contributed by atoms with E-state index in [9.17, 15) is 0 Å². The van der Waals surface area contributed by atoms with Crippen LogP contribution in [0.5, 0.6) is 5.75 Å². The van der Waals surface area contributed by atoms with E-state index < -0.39 is 0 Å². The Hall–Kier alpha value is -2.87. The van der Waals surface area contributed by atoms with Crippen LogP contribution in [-0.4, -0.2) is 36.8 Å². The Bertz CT molecular complexity index is 962. The number of aromatic nitrogens is 6. The number of imidazole rings is 1. The van der Waals surface area contributed by atoms with Crippen LogP contribution in [-0.2, 0) is 5.75 Å². The molecule has 4 aromatic rings. The number of benzene rings is 2. The third-order valence-electron chi connectivity index (χ3n) is 3.61. The molecule has 1 N–H and O–H groups in total. The molecular formula is C17H16N6OS. The molecule has 8 heteroatoms. The summed E-state index contributed by atoms with van der Waals surface area (Å²) in [6.07, 6.45) is 0. The summed E-state index contributed by atoms with van der Waals surface area (Å²) in [5, 5.41) is 12.7. The fourth-order valence-electron chi connectivity index (χ4n) is 2.54. The average Bonchev–Trinajstić information content (AvgIpc) is 3.27. The SMILES string of the molecule is CCOc1ccccc1-n1nnnc1SCc1nc2ccccc2[nH]1. The summed E-state index contributed by atoms with van der Waals surface area (Å²) in [7, 11) is 0. The van der Waals surface area contributed by atoms with Gasteiger partial charge in [-0.1, -0.05) is 36.0 Å². The lowest BCUT2D eigenvalue weighted by Gasteiger charge is -2.10. The molecule has 2 aromatic heterocycles. The second-order valence-electron chi connectivity index (χ2n) is 5.26. The Labute approximate surface area is 148 Å². The molecule has 0 aliphatic rings. The molecule has 0 amide bonds. The number of thioether (sulfide) groups is 1. The number of tetrazole rings is 1. The van der Waals surface area contributed by atoms with Gasteiger partial charge in [-0.2, -0.15) is 4.68 Å². The maximum Gasteiger partial charge on any atom is 0.214 e. The van der Waals surface area contributed by atoms with Crippen LogP contribution in [0.15, 0.2) is 53.7 Å². The lowest BCUT2D eigenvalue weighted by molar-refractivity contribution is 0.337. The van der Waals surface area contributed by atoms with Crippen molar-refractivity contribution in [2.45, 2.75) is 17.8 Å². The first-order valence-corrected chi connectivity index (χ1v) is 8.90. The monoisotopic (exact) mass is 352 g/mol. The van der Waals surface area contributed by atoms with Crippen molar-refractivity contribution in [1.82, 2.24) is 30.2 Å². The molecule has 126 valence electrons. The fraction of sp³-hybridized carbons (Fsp3) is 0.176. The van der Waals surface area contributed by atoms with Crippen LogP contribution in [0, 0.1) is 0 Å². The van der Waals surface area contributed by atoms with Crippen molar-refractivity contribution in [2.75, 3.05) is 6.61 Å². The van der Waals surface area contributed by atoms with Gasteiger partial charge < -0.3 is 9.72 Å². The number of hydrogen-bond acceptors (Lipinski definition) is 6. The van der Waals surface area contributed by atoms with Gasteiger partial charge in [-0.3, -0.25) is 0 Å². The third-order valence-corrected chi connectivity index (χ3v) is 4.54. The summed E-state index contributed by atoms with van der Waals surface area (Å²) in [6, 6.07) is 15.7. The number of aromatic amines is 1. The number of fused-ring (bicyclic) bond motifs is 1. The first-order chi connectivity index (χ1) is 12.3. The van der Waals surface area contributed by atoms with Gasteiger partial charge in [0.25, 0.3) is 0 Å². The average molecular weight is 352 g/mol. The molecule has 0 aliphatic carbocycles. The van der Waals surface area contributed by atoms with E-state index in [0.717, 1.165) is 28.3 Å². The minimum absolute atomic E-state index is 0.584. The molecule has 0 saturated heterocycles. The van der Waals surface area contributed by atoms with E-state index in [-0.39, 0.29) is 0 Å². The molecular weight excluding hydrogens is 336 g/mol.